The predicted molar refractivity (Wildman–Crippen MR) is 144 cm³/mol. The third-order valence-electron chi connectivity index (χ3n) is 6.21. The number of nitrogen functional groups attached to an aromatic ring is 1. The summed E-state index contributed by atoms with van der Waals surface area (Å²) in [4.78, 5) is 25.0. The summed E-state index contributed by atoms with van der Waals surface area (Å²) in [5, 5.41) is 3.48. The molecular formula is C28H34N6O2. The molecule has 0 saturated carbocycles. The molecule has 3 N–H and O–H groups in total. The Bertz CT molecular complexity index is 1160. The average Bonchev–Trinajstić information content (AvgIpc) is 2.89. The normalized spacial score (nSPS) is 14.4. The van der Waals surface area contributed by atoms with Gasteiger partial charge in [-0.05, 0) is 62.7 Å². The van der Waals surface area contributed by atoms with Crippen molar-refractivity contribution < 1.29 is 9.53 Å². The first-order valence-electron chi connectivity index (χ1n) is 12.3. The minimum atomic E-state index is 0.0915. The maximum Gasteiger partial charge on any atom is 0.246 e. The van der Waals surface area contributed by atoms with Gasteiger partial charge in [-0.2, -0.15) is 0 Å². The number of nitrogens with one attached hydrogen (secondary N) is 1. The molecule has 0 aliphatic carbocycles. The molecule has 4 rings (SSSR count). The third kappa shape index (κ3) is 6.82. The van der Waals surface area contributed by atoms with E-state index in [1.54, 1.807) is 6.08 Å². The van der Waals surface area contributed by atoms with Crippen molar-refractivity contribution in [2.45, 2.75) is 12.8 Å². The Labute approximate surface area is 212 Å². The molecular weight excluding hydrogens is 452 g/mol. The molecule has 1 amide bonds. The van der Waals surface area contributed by atoms with Gasteiger partial charge in [-0.25, -0.2) is 9.97 Å². The lowest BCUT2D eigenvalue weighted by molar-refractivity contribution is -0.127. The van der Waals surface area contributed by atoms with Crippen LogP contribution in [0.5, 0.6) is 11.5 Å². The van der Waals surface area contributed by atoms with E-state index in [9.17, 15) is 4.79 Å². The van der Waals surface area contributed by atoms with Crippen LogP contribution in [0.3, 0.4) is 0 Å². The Hall–Kier alpha value is -3.91. The van der Waals surface area contributed by atoms with Crippen LogP contribution in [0.25, 0.3) is 11.1 Å². The first-order valence-corrected chi connectivity index (χ1v) is 12.3. The van der Waals surface area contributed by atoms with Crippen molar-refractivity contribution in [2.24, 2.45) is 5.92 Å². The number of carbonyl (C=O) groups excluding carboxylic acids is 1. The number of likely N-dealkylation sites (N-methyl/N-ethyl adjacent to an activating group) is 1. The number of hydrogen-bond acceptors (Lipinski definition) is 7. The van der Waals surface area contributed by atoms with Crippen LogP contribution in [0, 0.1) is 5.92 Å². The lowest BCUT2D eigenvalue weighted by Crippen LogP contribution is -2.39. The Morgan fingerprint density at radius 2 is 1.78 bits per heavy atom. The standard InChI is InChI=1S/C28H34N6O2/c1-33(2)16-6-9-25(35)34-17-14-21(15-18-34)19-30-28-26(27(29)31-20-32-28)22-10-12-24(13-11-22)36-23-7-4-3-5-8-23/h3-13,20-21H,14-19H2,1-2H3,(H3,29,30,31,32)/b9-6+. The fourth-order valence-corrected chi connectivity index (χ4v) is 4.20. The molecule has 1 aliphatic heterocycles. The summed E-state index contributed by atoms with van der Waals surface area (Å²) < 4.78 is 5.90. The molecule has 3 aromatic rings. The number of likely N-dealkylation sites (tertiary alicyclic amines) is 1. The minimum absolute atomic E-state index is 0.0915. The van der Waals surface area contributed by atoms with E-state index in [2.05, 4.69) is 15.3 Å². The van der Waals surface area contributed by atoms with Crippen LogP contribution in [0.1, 0.15) is 12.8 Å². The zero-order valence-corrected chi connectivity index (χ0v) is 20.9. The topological polar surface area (TPSA) is 96.6 Å². The molecule has 0 bridgehead atoms. The molecule has 1 fully saturated rings. The van der Waals surface area contributed by atoms with Gasteiger partial charge in [0.05, 0.1) is 5.56 Å². The van der Waals surface area contributed by atoms with Crippen LogP contribution in [-0.4, -0.2) is 65.9 Å². The maximum atomic E-state index is 12.4. The highest BCUT2D eigenvalue weighted by molar-refractivity contribution is 5.87. The maximum absolute atomic E-state index is 12.4. The number of anilines is 2. The summed E-state index contributed by atoms with van der Waals surface area (Å²) in [6.45, 7) is 3.05. The van der Waals surface area contributed by atoms with Crippen LogP contribution >= 0.6 is 0 Å². The highest BCUT2D eigenvalue weighted by Gasteiger charge is 2.22. The van der Waals surface area contributed by atoms with Gasteiger partial charge in [0.1, 0.15) is 29.5 Å². The molecule has 1 aliphatic rings. The number of ether oxygens (including phenoxy) is 1. The second-order valence-electron chi connectivity index (χ2n) is 9.24. The van der Waals surface area contributed by atoms with E-state index in [-0.39, 0.29) is 5.91 Å². The minimum Gasteiger partial charge on any atom is -0.457 e. The molecule has 36 heavy (non-hydrogen) atoms. The lowest BCUT2D eigenvalue weighted by Gasteiger charge is -2.31. The van der Waals surface area contributed by atoms with Gasteiger partial charge in [-0.1, -0.05) is 36.4 Å². The van der Waals surface area contributed by atoms with Gasteiger partial charge < -0.3 is 25.6 Å². The number of aromatic nitrogens is 2. The number of carbonyl (C=O) groups is 1. The number of amides is 1. The van der Waals surface area contributed by atoms with E-state index in [4.69, 9.17) is 10.5 Å². The number of rotatable bonds is 9. The van der Waals surface area contributed by atoms with Crippen molar-refractivity contribution in [3.05, 3.63) is 73.1 Å². The van der Waals surface area contributed by atoms with E-state index in [0.717, 1.165) is 61.6 Å². The second-order valence-corrected chi connectivity index (χ2v) is 9.24. The predicted octanol–water partition coefficient (Wildman–Crippen LogP) is 4.29. The number of benzene rings is 2. The van der Waals surface area contributed by atoms with Gasteiger partial charge in [0.2, 0.25) is 5.91 Å². The van der Waals surface area contributed by atoms with E-state index in [1.807, 2.05) is 84.6 Å². The Morgan fingerprint density at radius 1 is 1.08 bits per heavy atom. The molecule has 0 unspecified atom stereocenters. The summed E-state index contributed by atoms with van der Waals surface area (Å²) in [7, 11) is 3.97. The van der Waals surface area contributed by atoms with Crippen molar-refractivity contribution in [3.63, 3.8) is 0 Å². The monoisotopic (exact) mass is 486 g/mol. The van der Waals surface area contributed by atoms with Crippen LogP contribution in [0.15, 0.2) is 73.1 Å². The smallest absolute Gasteiger partial charge is 0.246 e. The number of para-hydroxylation sites is 1. The van der Waals surface area contributed by atoms with Gasteiger partial charge in [-0.3, -0.25) is 4.79 Å². The summed E-state index contributed by atoms with van der Waals surface area (Å²) in [6, 6.07) is 17.4. The first kappa shape index (κ1) is 25.2. The Morgan fingerprint density at radius 3 is 2.47 bits per heavy atom. The lowest BCUT2D eigenvalue weighted by atomic mass is 9.96. The van der Waals surface area contributed by atoms with E-state index < -0.39 is 0 Å². The summed E-state index contributed by atoms with van der Waals surface area (Å²) in [6.07, 6.45) is 6.97. The van der Waals surface area contributed by atoms with Gasteiger partial charge in [-0.15, -0.1) is 0 Å². The molecule has 2 aromatic carbocycles. The quantitative estimate of drug-likeness (QED) is 0.436. The number of nitrogens with two attached hydrogens (primary N) is 1. The van der Waals surface area contributed by atoms with Crippen LogP contribution in [0.2, 0.25) is 0 Å². The highest BCUT2D eigenvalue weighted by Crippen LogP contribution is 2.33. The zero-order valence-electron chi connectivity index (χ0n) is 20.9. The average molecular weight is 487 g/mol. The van der Waals surface area contributed by atoms with Crippen molar-refractivity contribution in [1.29, 1.82) is 0 Å². The van der Waals surface area contributed by atoms with Crippen molar-refractivity contribution >= 4 is 17.5 Å². The molecule has 188 valence electrons. The number of nitrogens with zero attached hydrogens (tertiary/aromatic N) is 4. The van der Waals surface area contributed by atoms with Crippen LogP contribution < -0.4 is 15.8 Å². The fourth-order valence-electron chi connectivity index (χ4n) is 4.20. The van der Waals surface area contributed by atoms with Crippen molar-refractivity contribution in [2.75, 3.05) is 51.3 Å². The van der Waals surface area contributed by atoms with Gasteiger partial charge in [0.15, 0.2) is 0 Å². The molecule has 8 heteroatoms. The molecule has 8 nitrogen and oxygen atoms in total. The fraction of sp³-hybridized carbons (Fsp3) is 0.321. The zero-order chi connectivity index (χ0) is 25.3. The second kappa shape index (κ2) is 12.2. The van der Waals surface area contributed by atoms with Gasteiger partial charge in [0.25, 0.3) is 0 Å². The summed E-state index contributed by atoms with van der Waals surface area (Å²) in [5.41, 5.74) is 7.96. The van der Waals surface area contributed by atoms with E-state index in [0.29, 0.717) is 17.6 Å². The molecule has 0 spiro atoms. The van der Waals surface area contributed by atoms with Gasteiger partial charge >= 0.3 is 0 Å². The molecule has 2 heterocycles. The van der Waals surface area contributed by atoms with Crippen molar-refractivity contribution in [1.82, 2.24) is 19.8 Å². The van der Waals surface area contributed by atoms with Crippen molar-refractivity contribution in [3.8, 4) is 22.6 Å². The van der Waals surface area contributed by atoms with Crippen LogP contribution in [-0.2, 0) is 4.79 Å². The largest absolute Gasteiger partial charge is 0.457 e. The molecule has 1 saturated heterocycles. The summed E-state index contributed by atoms with van der Waals surface area (Å²) in [5.74, 6) is 3.21. The Kier molecular flexibility index (Phi) is 8.52. The number of hydrogen-bond donors (Lipinski definition) is 2. The molecule has 0 atom stereocenters. The third-order valence-corrected chi connectivity index (χ3v) is 6.21. The van der Waals surface area contributed by atoms with Crippen LogP contribution in [0.4, 0.5) is 11.6 Å². The van der Waals surface area contributed by atoms with E-state index >= 15 is 0 Å². The van der Waals surface area contributed by atoms with Gasteiger partial charge in [0, 0.05) is 32.3 Å². The SMILES string of the molecule is CN(C)C/C=C/C(=O)N1CCC(CNc2ncnc(N)c2-c2ccc(Oc3ccccc3)cc2)CC1. The highest BCUT2D eigenvalue weighted by atomic mass is 16.5. The molecule has 1 aromatic heterocycles. The number of piperidine rings is 1. The molecule has 0 radical (unpaired) electrons. The Balaban J connectivity index is 1.35. The summed E-state index contributed by atoms with van der Waals surface area (Å²) >= 11 is 0. The first-order chi connectivity index (χ1) is 17.5. The van der Waals surface area contributed by atoms with E-state index in [1.165, 1.54) is 6.33 Å².